The highest BCUT2D eigenvalue weighted by Crippen LogP contribution is 2.25. The van der Waals surface area contributed by atoms with Crippen molar-refractivity contribution < 1.29 is 9.47 Å². The molecule has 0 radical (unpaired) electrons. The first kappa shape index (κ1) is 14.3. The van der Waals surface area contributed by atoms with E-state index in [0.29, 0.717) is 6.61 Å². The number of rotatable bonds is 7. The molecule has 0 aliphatic heterocycles. The van der Waals surface area contributed by atoms with Crippen molar-refractivity contribution in [3.8, 4) is 11.5 Å². The van der Waals surface area contributed by atoms with Crippen molar-refractivity contribution in [2.45, 2.75) is 13.5 Å². The summed E-state index contributed by atoms with van der Waals surface area (Å²) in [4.78, 5) is 4.13. The van der Waals surface area contributed by atoms with Gasteiger partial charge in [-0.15, -0.1) is 0 Å². The van der Waals surface area contributed by atoms with Gasteiger partial charge in [-0.25, -0.2) is 0 Å². The highest BCUT2D eigenvalue weighted by atomic mass is 16.5. The molecular formula is C16H20N2O2. The zero-order valence-corrected chi connectivity index (χ0v) is 11.9. The summed E-state index contributed by atoms with van der Waals surface area (Å²) in [7, 11) is 1.64. The first-order valence-corrected chi connectivity index (χ1v) is 6.67. The molecule has 106 valence electrons. The molecule has 1 aromatic heterocycles. The fourth-order valence-electron chi connectivity index (χ4n) is 1.88. The van der Waals surface area contributed by atoms with Crippen LogP contribution in [0, 0.1) is 6.92 Å². The lowest BCUT2D eigenvalue weighted by atomic mass is 10.2. The van der Waals surface area contributed by atoms with E-state index >= 15 is 0 Å². The zero-order valence-electron chi connectivity index (χ0n) is 11.9. The van der Waals surface area contributed by atoms with Gasteiger partial charge in [0.25, 0.3) is 0 Å². The minimum atomic E-state index is 0.597. The highest BCUT2D eigenvalue weighted by molar-refractivity contribution is 5.39. The molecule has 0 saturated carbocycles. The molecule has 0 unspecified atom stereocenters. The SMILES string of the molecule is COc1ccccc1OCCNCc1cnccc1C. The number of ether oxygens (including phenoxy) is 2. The van der Waals surface area contributed by atoms with Crippen molar-refractivity contribution in [3.63, 3.8) is 0 Å². The van der Waals surface area contributed by atoms with Crippen LogP contribution in [-0.4, -0.2) is 25.2 Å². The van der Waals surface area contributed by atoms with Crippen LogP contribution in [0.15, 0.2) is 42.7 Å². The van der Waals surface area contributed by atoms with Crippen LogP contribution in [0.4, 0.5) is 0 Å². The van der Waals surface area contributed by atoms with Crippen LogP contribution in [0.1, 0.15) is 11.1 Å². The van der Waals surface area contributed by atoms with Gasteiger partial charge >= 0.3 is 0 Å². The lowest BCUT2D eigenvalue weighted by Gasteiger charge is -2.11. The number of methoxy groups -OCH3 is 1. The number of pyridine rings is 1. The molecule has 0 amide bonds. The van der Waals surface area contributed by atoms with Crippen LogP contribution in [-0.2, 0) is 6.54 Å². The van der Waals surface area contributed by atoms with E-state index in [-0.39, 0.29) is 0 Å². The van der Waals surface area contributed by atoms with Crippen LogP contribution in [0.3, 0.4) is 0 Å². The number of aromatic nitrogens is 1. The van der Waals surface area contributed by atoms with E-state index in [2.05, 4.69) is 17.2 Å². The largest absolute Gasteiger partial charge is 0.493 e. The van der Waals surface area contributed by atoms with Gasteiger partial charge in [-0.05, 0) is 36.2 Å². The Labute approximate surface area is 119 Å². The molecule has 0 aliphatic rings. The zero-order chi connectivity index (χ0) is 14.2. The van der Waals surface area contributed by atoms with Crippen molar-refractivity contribution in [1.29, 1.82) is 0 Å². The monoisotopic (exact) mass is 272 g/mol. The van der Waals surface area contributed by atoms with Crippen molar-refractivity contribution in [3.05, 3.63) is 53.9 Å². The van der Waals surface area contributed by atoms with Crippen molar-refractivity contribution >= 4 is 0 Å². The molecule has 2 aromatic rings. The number of hydrogen-bond acceptors (Lipinski definition) is 4. The minimum Gasteiger partial charge on any atom is -0.493 e. The maximum atomic E-state index is 5.69. The second-order valence-electron chi connectivity index (χ2n) is 4.48. The number of nitrogens with zero attached hydrogens (tertiary/aromatic N) is 1. The fourth-order valence-corrected chi connectivity index (χ4v) is 1.88. The molecule has 0 aliphatic carbocycles. The number of nitrogens with one attached hydrogen (secondary N) is 1. The summed E-state index contributed by atoms with van der Waals surface area (Å²) in [6.07, 6.45) is 3.70. The summed E-state index contributed by atoms with van der Waals surface area (Å²) in [6.45, 7) is 4.26. The Morgan fingerprint density at radius 1 is 1.15 bits per heavy atom. The van der Waals surface area contributed by atoms with Crippen LogP contribution < -0.4 is 14.8 Å². The third-order valence-corrected chi connectivity index (χ3v) is 3.07. The summed E-state index contributed by atoms with van der Waals surface area (Å²) in [5, 5.41) is 3.34. The van der Waals surface area contributed by atoms with Gasteiger partial charge in [-0.3, -0.25) is 4.98 Å². The quantitative estimate of drug-likeness (QED) is 0.787. The highest BCUT2D eigenvalue weighted by Gasteiger charge is 2.02. The third kappa shape index (κ3) is 3.96. The van der Waals surface area contributed by atoms with Gasteiger partial charge in [0.1, 0.15) is 6.61 Å². The van der Waals surface area contributed by atoms with Gasteiger partial charge < -0.3 is 14.8 Å². The Bertz CT molecular complexity index is 544. The number of para-hydroxylation sites is 2. The van der Waals surface area contributed by atoms with E-state index < -0.39 is 0 Å². The van der Waals surface area contributed by atoms with Crippen LogP contribution in [0.2, 0.25) is 0 Å². The molecule has 2 rings (SSSR count). The molecular weight excluding hydrogens is 252 g/mol. The summed E-state index contributed by atoms with van der Waals surface area (Å²) < 4.78 is 10.9. The van der Waals surface area contributed by atoms with E-state index in [0.717, 1.165) is 24.6 Å². The van der Waals surface area contributed by atoms with E-state index in [4.69, 9.17) is 9.47 Å². The lowest BCUT2D eigenvalue weighted by molar-refractivity contribution is 0.292. The number of hydrogen-bond donors (Lipinski definition) is 1. The first-order valence-electron chi connectivity index (χ1n) is 6.67. The van der Waals surface area contributed by atoms with Crippen molar-refractivity contribution in [2.24, 2.45) is 0 Å². The first-order chi connectivity index (χ1) is 9.81. The molecule has 1 heterocycles. The predicted octanol–water partition coefficient (Wildman–Crippen LogP) is 2.57. The molecule has 20 heavy (non-hydrogen) atoms. The second kappa shape index (κ2) is 7.50. The van der Waals surface area contributed by atoms with E-state index in [1.54, 1.807) is 7.11 Å². The molecule has 1 aromatic carbocycles. The fraction of sp³-hybridized carbons (Fsp3) is 0.312. The molecule has 0 spiro atoms. The summed E-state index contributed by atoms with van der Waals surface area (Å²) in [5.74, 6) is 1.53. The van der Waals surface area contributed by atoms with Crippen LogP contribution in [0.25, 0.3) is 0 Å². The Hall–Kier alpha value is -2.07. The Kier molecular flexibility index (Phi) is 5.38. The second-order valence-corrected chi connectivity index (χ2v) is 4.48. The van der Waals surface area contributed by atoms with Gasteiger partial charge in [0.05, 0.1) is 7.11 Å². The van der Waals surface area contributed by atoms with Crippen molar-refractivity contribution in [2.75, 3.05) is 20.3 Å². The Morgan fingerprint density at radius 3 is 2.70 bits per heavy atom. The number of benzene rings is 1. The van der Waals surface area contributed by atoms with Gasteiger partial charge in [-0.1, -0.05) is 12.1 Å². The maximum Gasteiger partial charge on any atom is 0.161 e. The summed E-state index contributed by atoms with van der Waals surface area (Å²) in [6, 6.07) is 9.67. The van der Waals surface area contributed by atoms with Gasteiger partial charge in [0.15, 0.2) is 11.5 Å². The average Bonchev–Trinajstić information content (AvgIpc) is 2.49. The van der Waals surface area contributed by atoms with Gasteiger partial charge in [-0.2, -0.15) is 0 Å². The Balaban J connectivity index is 1.73. The van der Waals surface area contributed by atoms with E-state index in [9.17, 15) is 0 Å². The van der Waals surface area contributed by atoms with E-state index in [1.165, 1.54) is 11.1 Å². The summed E-state index contributed by atoms with van der Waals surface area (Å²) in [5.41, 5.74) is 2.46. The standard InChI is InChI=1S/C16H20N2O2/c1-13-7-8-17-11-14(13)12-18-9-10-20-16-6-4-3-5-15(16)19-2/h3-8,11,18H,9-10,12H2,1-2H3. The van der Waals surface area contributed by atoms with Gasteiger partial charge in [0.2, 0.25) is 0 Å². The normalized spacial score (nSPS) is 10.3. The molecule has 4 heteroatoms. The van der Waals surface area contributed by atoms with Crippen LogP contribution in [0.5, 0.6) is 11.5 Å². The molecule has 4 nitrogen and oxygen atoms in total. The Morgan fingerprint density at radius 2 is 1.95 bits per heavy atom. The van der Waals surface area contributed by atoms with Crippen molar-refractivity contribution in [1.82, 2.24) is 10.3 Å². The predicted molar refractivity (Wildman–Crippen MR) is 79.2 cm³/mol. The third-order valence-electron chi connectivity index (χ3n) is 3.07. The number of aryl methyl sites for hydroxylation is 1. The molecule has 1 N–H and O–H groups in total. The van der Waals surface area contributed by atoms with Gasteiger partial charge in [0, 0.05) is 25.5 Å². The molecule has 0 fully saturated rings. The topological polar surface area (TPSA) is 43.4 Å². The van der Waals surface area contributed by atoms with Crippen LogP contribution >= 0.6 is 0 Å². The smallest absolute Gasteiger partial charge is 0.161 e. The average molecular weight is 272 g/mol. The molecule has 0 saturated heterocycles. The lowest BCUT2D eigenvalue weighted by Crippen LogP contribution is -2.21. The maximum absolute atomic E-state index is 5.69. The molecule has 0 atom stereocenters. The summed E-state index contributed by atoms with van der Waals surface area (Å²) >= 11 is 0. The minimum absolute atomic E-state index is 0.597. The van der Waals surface area contributed by atoms with E-state index in [1.807, 2.05) is 42.7 Å². The molecule has 0 bridgehead atoms.